The van der Waals surface area contributed by atoms with Gasteiger partial charge in [-0.15, -0.1) is 0 Å². The minimum absolute atomic E-state index is 0.588. The van der Waals surface area contributed by atoms with E-state index in [1.165, 1.54) is 18.4 Å². The average Bonchev–Trinajstić information content (AvgIpc) is 2.84. The van der Waals surface area contributed by atoms with Gasteiger partial charge in [0, 0.05) is 25.4 Å². The summed E-state index contributed by atoms with van der Waals surface area (Å²) in [6.07, 6.45) is 15.8. The van der Waals surface area contributed by atoms with Crippen molar-refractivity contribution in [2.45, 2.75) is 31.2 Å². The Morgan fingerprint density at radius 3 is 3.07 bits per heavy atom. The van der Waals surface area contributed by atoms with Crippen molar-refractivity contribution in [3.8, 4) is 0 Å². The highest BCUT2D eigenvalue weighted by molar-refractivity contribution is 6.18. The van der Waals surface area contributed by atoms with Crippen molar-refractivity contribution in [1.29, 1.82) is 0 Å². The number of dihydropyridines is 1. The number of rotatable bonds is 6. The SMILES string of the molecule is CN(C)CCCCCN=C1C=CC23N=CNC=C2Cc2ccncc2NC3=N1. The number of nitrogens with one attached hydrogen (secondary N) is 2. The van der Waals surface area contributed by atoms with E-state index in [4.69, 9.17) is 15.0 Å². The van der Waals surface area contributed by atoms with Crippen LogP contribution >= 0.6 is 0 Å². The number of aromatic nitrogens is 1. The van der Waals surface area contributed by atoms with E-state index in [2.05, 4.69) is 40.7 Å². The third-order valence-electron chi connectivity index (χ3n) is 5.23. The number of anilines is 1. The first kappa shape index (κ1) is 18.6. The Labute approximate surface area is 166 Å². The summed E-state index contributed by atoms with van der Waals surface area (Å²) in [7, 11) is 4.22. The van der Waals surface area contributed by atoms with E-state index in [-0.39, 0.29) is 0 Å². The van der Waals surface area contributed by atoms with Gasteiger partial charge in [0.05, 0.1) is 18.2 Å². The first-order valence-corrected chi connectivity index (χ1v) is 9.84. The molecule has 0 fully saturated rings. The van der Waals surface area contributed by atoms with Gasteiger partial charge in [-0.1, -0.05) is 6.42 Å². The highest BCUT2D eigenvalue weighted by Crippen LogP contribution is 2.36. The molecule has 28 heavy (non-hydrogen) atoms. The Kier molecular flexibility index (Phi) is 5.34. The molecule has 0 amide bonds. The van der Waals surface area contributed by atoms with Crippen LogP contribution in [0.1, 0.15) is 24.8 Å². The maximum absolute atomic E-state index is 4.83. The standard InChI is InChI=1S/C21H27N7/c1-28(2)11-5-3-4-9-24-19-6-8-21-17(13-23-15-25-21)12-16-7-10-22-14-18(16)26-20(21)27-19/h6-8,10,13-15H,3-5,9,11-12H2,1-2H3,(H,23,25)(H,24,26,27). The second-order valence-corrected chi connectivity index (χ2v) is 7.59. The fourth-order valence-electron chi connectivity index (χ4n) is 3.67. The topological polar surface area (TPSA) is 77.3 Å². The number of nitrogens with zero attached hydrogens (tertiary/aromatic N) is 5. The van der Waals surface area contributed by atoms with Crippen molar-refractivity contribution in [1.82, 2.24) is 15.2 Å². The summed E-state index contributed by atoms with van der Waals surface area (Å²) in [6, 6.07) is 2.04. The monoisotopic (exact) mass is 377 g/mol. The molecule has 0 radical (unpaired) electrons. The predicted octanol–water partition coefficient (Wildman–Crippen LogP) is 2.40. The zero-order valence-corrected chi connectivity index (χ0v) is 16.5. The van der Waals surface area contributed by atoms with Gasteiger partial charge in [-0.05, 0) is 62.8 Å². The molecular formula is C21H27N7. The summed E-state index contributed by atoms with van der Waals surface area (Å²) >= 11 is 0. The van der Waals surface area contributed by atoms with Crippen LogP contribution in [-0.4, -0.2) is 60.6 Å². The maximum atomic E-state index is 4.83. The molecular weight excluding hydrogens is 350 g/mol. The maximum Gasteiger partial charge on any atom is 0.161 e. The van der Waals surface area contributed by atoms with E-state index in [9.17, 15) is 0 Å². The molecule has 1 atom stereocenters. The van der Waals surface area contributed by atoms with E-state index in [0.29, 0.717) is 0 Å². The second kappa shape index (κ2) is 8.06. The molecule has 7 nitrogen and oxygen atoms in total. The second-order valence-electron chi connectivity index (χ2n) is 7.59. The van der Waals surface area contributed by atoms with Gasteiger partial charge in [0.25, 0.3) is 0 Å². The quantitative estimate of drug-likeness (QED) is 0.747. The fourth-order valence-corrected chi connectivity index (χ4v) is 3.67. The molecule has 4 heterocycles. The number of hydrogen-bond donors (Lipinski definition) is 2. The molecule has 1 aromatic rings. The van der Waals surface area contributed by atoms with E-state index < -0.39 is 5.54 Å². The van der Waals surface area contributed by atoms with Gasteiger partial charge in [-0.25, -0.2) is 4.99 Å². The number of pyridine rings is 1. The number of fused-ring (bicyclic) bond motifs is 1. The molecule has 1 aromatic heterocycles. The van der Waals surface area contributed by atoms with Crippen molar-refractivity contribution in [2.75, 3.05) is 32.5 Å². The number of hydrogen-bond acceptors (Lipinski definition) is 6. The van der Waals surface area contributed by atoms with Crippen LogP contribution in [0.3, 0.4) is 0 Å². The Hall–Kier alpha value is -2.80. The summed E-state index contributed by atoms with van der Waals surface area (Å²) in [5.74, 6) is 1.54. The number of unbranched alkanes of at least 4 members (excludes halogenated alkanes) is 2. The van der Waals surface area contributed by atoms with Crippen LogP contribution < -0.4 is 10.6 Å². The molecule has 3 aliphatic heterocycles. The van der Waals surface area contributed by atoms with Crippen molar-refractivity contribution in [3.05, 3.63) is 47.9 Å². The fraction of sp³-hybridized carbons (Fsp3) is 0.429. The molecule has 0 saturated heterocycles. The lowest BCUT2D eigenvalue weighted by molar-refractivity contribution is 0.392. The molecule has 4 rings (SSSR count). The minimum atomic E-state index is -0.588. The summed E-state index contributed by atoms with van der Waals surface area (Å²) in [5.41, 5.74) is 2.73. The average molecular weight is 377 g/mol. The van der Waals surface area contributed by atoms with Crippen LogP contribution in [0.15, 0.2) is 57.4 Å². The molecule has 0 aliphatic carbocycles. The van der Waals surface area contributed by atoms with E-state index in [1.54, 1.807) is 6.34 Å². The summed E-state index contributed by atoms with van der Waals surface area (Å²) < 4.78 is 0. The van der Waals surface area contributed by atoms with Crippen LogP contribution in [0.2, 0.25) is 0 Å². The third-order valence-corrected chi connectivity index (χ3v) is 5.23. The molecule has 0 bridgehead atoms. The van der Waals surface area contributed by atoms with Gasteiger partial charge < -0.3 is 15.5 Å². The molecule has 0 aromatic carbocycles. The molecule has 1 unspecified atom stereocenters. The van der Waals surface area contributed by atoms with Crippen LogP contribution in [-0.2, 0) is 6.42 Å². The summed E-state index contributed by atoms with van der Waals surface area (Å²) in [6.45, 7) is 1.92. The van der Waals surface area contributed by atoms with Crippen LogP contribution in [0.4, 0.5) is 5.69 Å². The van der Waals surface area contributed by atoms with E-state index >= 15 is 0 Å². The van der Waals surface area contributed by atoms with Gasteiger partial charge >= 0.3 is 0 Å². The van der Waals surface area contributed by atoms with Gasteiger partial charge in [-0.3, -0.25) is 15.0 Å². The van der Waals surface area contributed by atoms with Crippen molar-refractivity contribution >= 4 is 23.7 Å². The minimum Gasteiger partial charge on any atom is -0.353 e. The Morgan fingerprint density at radius 1 is 1.25 bits per heavy atom. The molecule has 3 aliphatic rings. The largest absolute Gasteiger partial charge is 0.353 e. The van der Waals surface area contributed by atoms with Crippen molar-refractivity contribution < 1.29 is 0 Å². The number of amidine groups is 2. The van der Waals surface area contributed by atoms with Crippen molar-refractivity contribution in [2.24, 2.45) is 15.0 Å². The molecule has 7 heteroatoms. The number of aliphatic imine (C=N–C) groups is 3. The molecule has 146 valence electrons. The predicted molar refractivity (Wildman–Crippen MR) is 115 cm³/mol. The lowest BCUT2D eigenvalue weighted by Crippen LogP contribution is -2.45. The Morgan fingerprint density at radius 2 is 2.18 bits per heavy atom. The molecule has 2 N–H and O–H groups in total. The summed E-state index contributed by atoms with van der Waals surface area (Å²) in [4.78, 5) is 20.8. The zero-order chi connectivity index (χ0) is 19.4. The Bertz CT molecular complexity index is 878. The normalized spacial score (nSPS) is 23.8. The Balaban J connectivity index is 1.53. The molecule has 1 spiro atoms. The van der Waals surface area contributed by atoms with Gasteiger partial charge in [0.2, 0.25) is 0 Å². The lowest BCUT2D eigenvalue weighted by Gasteiger charge is -2.33. The van der Waals surface area contributed by atoms with Gasteiger partial charge in [-0.2, -0.15) is 0 Å². The third kappa shape index (κ3) is 3.75. The molecule has 0 saturated carbocycles. The van der Waals surface area contributed by atoms with Gasteiger partial charge in [0.1, 0.15) is 11.7 Å². The smallest absolute Gasteiger partial charge is 0.161 e. The zero-order valence-electron chi connectivity index (χ0n) is 16.5. The highest BCUT2D eigenvalue weighted by atomic mass is 15.1. The van der Waals surface area contributed by atoms with E-state index in [1.807, 2.05) is 30.7 Å². The van der Waals surface area contributed by atoms with E-state index in [0.717, 1.165) is 48.9 Å². The first-order valence-electron chi connectivity index (χ1n) is 9.84. The van der Waals surface area contributed by atoms with Crippen LogP contribution in [0.5, 0.6) is 0 Å². The van der Waals surface area contributed by atoms with Crippen LogP contribution in [0.25, 0.3) is 0 Å². The van der Waals surface area contributed by atoms with Gasteiger partial charge in [0.15, 0.2) is 5.54 Å². The van der Waals surface area contributed by atoms with Crippen LogP contribution in [0, 0.1) is 0 Å². The highest BCUT2D eigenvalue weighted by Gasteiger charge is 2.42. The summed E-state index contributed by atoms with van der Waals surface area (Å²) in [5, 5.41) is 6.60. The lowest BCUT2D eigenvalue weighted by atomic mass is 9.84. The van der Waals surface area contributed by atoms with Crippen molar-refractivity contribution in [3.63, 3.8) is 0 Å². The first-order chi connectivity index (χ1) is 13.7.